The van der Waals surface area contributed by atoms with E-state index in [2.05, 4.69) is 10.2 Å². The quantitative estimate of drug-likeness (QED) is 0.828. The number of benzene rings is 1. The highest BCUT2D eigenvalue weighted by Crippen LogP contribution is 2.33. The summed E-state index contributed by atoms with van der Waals surface area (Å²) in [6, 6.07) is 3.67. The molecule has 1 spiro atoms. The number of nitrogens with zero attached hydrogens (tertiary/aromatic N) is 1. The van der Waals surface area contributed by atoms with Crippen LogP contribution < -0.4 is 5.32 Å². The highest BCUT2D eigenvalue weighted by atomic mass is 16.5. The van der Waals surface area contributed by atoms with Gasteiger partial charge in [0.15, 0.2) is 0 Å². The lowest BCUT2D eigenvalue weighted by Crippen LogP contribution is -2.62. The van der Waals surface area contributed by atoms with Crippen LogP contribution in [0.15, 0.2) is 12.1 Å². The van der Waals surface area contributed by atoms with Crippen molar-refractivity contribution < 1.29 is 14.6 Å². The second-order valence-corrected chi connectivity index (χ2v) is 7.16. The minimum Gasteiger partial charge on any atom is -0.457 e. The maximum absolute atomic E-state index is 11.6. The molecule has 0 saturated carbocycles. The number of ether oxygens (including phenoxy) is 1. The molecule has 2 saturated heterocycles. The van der Waals surface area contributed by atoms with Crippen LogP contribution in [0.2, 0.25) is 0 Å². The third-order valence-electron chi connectivity index (χ3n) is 5.91. The third kappa shape index (κ3) is 2.57. The van der Waals surface area contributed by atoms with Crippen molar-refractivity contribution in [1.82, 2.24) is 10.2 Å². The second-order valence-electron chi connectivity index (χ2n) is 7.16. The fourth-order valence-corrected chi connectivity index (χ4v) is 4.14. The number of esters is 1. The van der Waals surface area contributed by atoms with E-state index in [4.69, 9.17) is 4.74 Å². The Balaban J connectivity index is 1.43. The topological polar surface area (TPSA) is 61.8 Å². The molecule has 1 aromatic rings. The van der Waals surface area contributed by atoms with E-state index >= 15 is 0 Å². The SMILES string of the molecule is Cc1c([C@@H](O)CN2CCC3(CCN3)CC2)ccc2c1COC2=O. The molecule has 5 heteroatoms. The number of hydrogen-bond donors (Lipinski definition) is 2. The maximum Gasteiger partial charge on any atom is 0.338 e. The number of nitrogens with one attached hydrogen (secondary N) is 1. The first-order valence-corrected chi connectivity index (χ1v) is 8.53. The first-order valence-electron chi connectivity index (χ1n) is 8.53. The summed E-state index contributed by atoms with van der Waals surface area (Å²) < 4.78 is 5.09. The second kappa shape index (κ2) is 5.58. The van der Waals surface area contributed by atoms with Crippen LogP contribution >= 0.6 is 0 Å². The largest absolute Gasteiger partial charge is 0.457 e. The van der Waals surface area contributed by atoms with E-state index in [1.54, 1.807) is 6.07 Å². The summed E-state index contributed by atoms with van der Waals surface area (Å²) >= 11 is 0. The highest BCUT2D eigenvalue weighted by molar-refractivity contribution is 5.93. The first-order chi connectivity index (χ1) is 11.1. The molecule has 0 amide bonds. The van der Waals surface area contributed by atoms with Crippen LogP contribution in [0.5, 0.6) is 0 Å². The minimum atomic E-state index is -0.514. The molecule has 124 valence electrons. The lowest BCUT2D eigenvalue weighted by Gasteiger charge is -2.49. The Morgan fingerprint density at radius 3 is 2.74 bits per heavy atom. The van der Waals surface area contributed by atoms with Crippen LogP contribution in [0, 0.1) is 6.92 Å². The van der Waals surface area contributed by atoms with Gasteiger partial charge in [0.2, 0.25) is 0 Å². The van der Waals surface area contributed by atoms with E-state index in [-0.39, 0.29) is 5.97 Å². The highest BCUT2D eigenvalue weighted by Gasteiger charge is 2.39. The lowest BCUT2D eigenvalue weighted by molar-refractivity contribution is 0.0496. The number of aliphatic hydroxyl groups is 1. The molecule has 3 aliphatic heterocycles. The zero-order valence-corrected chi connectivity index (χ0v) is 13.6. The Kier molecular flexibility index (Phi) is 3.67. The van der Waals surface area contributed by atoms with Gasteiger partial charge < -0.3 is 20.1 Å². The number of hydrogen-bond acceptors (Lipinski definition) is 5. The summed E-state index contributed by atoms with van der Waals surface area (Å²) in [4.78, 5) is 14.0. The van der Waals surface area contributed by atoms with E-state index < -0.39 is 6.10 Å². The molecular weight excluding hydrogens is 292 g/mol. The minimum absolute atomic E-state index is 0.251. The average Bonchev–Trinajstić information content (AvgIpc) is 2.89. The van der Waals surface area contributed by atoms with Crippen molar-refractivity contribution in [2.75, 3.05) is 26.2 Å². The van der Waals surface area contributed by atoms with Gasteiger partial charge in [-0.25, -0.2) is 4.79 Å². The molecule has 0 aliphatic carbocycles. The van der Waals surface area contributed by atoms with Gasteiger partial charge in [-0.1, -0.05) is 6.07 Å². The van der Waals surface area contributed by atoms with Gasteiger partial charge in [-0.15, -0.1) is 0 Å². The molecule has 2 N–H and O–H groups in total. The summed E-state index contributed by atoms with van der Waals surface area (Å²) in [5.74, 6) is -0.251. The van der Waals surface area contributed by atoms with Gasteiger partial charge in [0, 0.05) is 30.7 Å². The molecule has 3 aliphatic rings. The van der Waals surface area contributed by atoms with Gasteiger partial charge in [0.25, 0.3) is 0 Å². The standard InChI is InChI=1S/C18H24N2O3/c1-12-13(2-3-14-15(12)11-23-17(14)22)16(21)10-20-8-5-18(6-9-20)4-7-19-18/h2-3,16,19,21H,4-11H2,1H3/t16-/m0/s1. The zero-order chi connectivity index (χ0) is 16.0. The van der Waals surface area contributed by atoms with Crippen molar-refractivity contribution in [2.24, 2.45) is 0 Å². The molecule has 4 rings (SSSR count). The van der Waals surface area contributed by atoms with Gasteiger partial charge in [-0.2, -0.15) is 0 Å². The van der Waals surface area contributed by atoms with Crippen molar-refractivity contribution in [3.63, 3.8) is 0 Å². The summed E-state index contributed by atoms with van der Waals surface area (Å²) in [6.07, 6.45) is 3.12. The fourth-order valence-electron chi connectivity index (χ4n) is 4.14. The molecule has 5 nitrogen and oxygen atoms in total. The van der Waals surface area contributed by atoms with Crippen molar-refractivity contribution in [1.29, 1.82) is 0 Å². The van der Waals surface area contributed by atoms with Gasteiger partial charge in [0.1, 0.15) is 6.61 Å². The van der Waals surface area contributed by atoms with Gasteiger partial charge in [-0.3, -0.25) is 0 Å². The van der Waals surface area contributed by atoms with E-state index in [1.165, 1.54) is 19.3 Å². The van der Waals surface area contributed by atoms with E-state index in [0.717, 1.165) is 36.3 Å². The smallest absolute Gasteiger partial charge is 0.338 e. The van der Waals surface area contributed by atoms with Crippen LogP contribution in [-0.2, 0) is 11.3 Å². The Morgan fingerprint density at radius 1 is 1.35 bits per heavy atom. The zero-order valence-electron chi connectivity index (χ0n) is 13.6. The molecule has 23 heavy (non-hydrogen) atoms. The number of likely N-dealkylation sites (tertiary alicyclic amines) is 1. The number of carbonyl (C=O) groups excluding carboxylic acids is 1. The number of rotatable bonds is 3. The van der Waals surface area contributed by atoms with Gasteiger partial charge in [0.05, 0.1) is 11.7 Å². The summed E-state index contributed by atoms with van der Waals surface area (Å²) in [5.41, 5.74) is 3.89. The van der Waals surface area contributed by atoms with E-state index in [0.29, 0.717) is 24.3 Å². The number of fused-ring (bicyclic) bond motifs is 1. The number of aliphatic hydroxyl groups excluding tert-OH is 1. The molecule has 0 unspecified atom stereocenters. The number of cyclic esters (lactones) is 1. The number of piperidine rings is 1. The van der Waals surface area contributed by atoms with Crippen LogP contribution in [0.3, 0.4) is 0 Å². The normalized spacial score (nSPS) is 24.2. The van der Waals surface area contributed by atoms with Gasteiger partial charge >= 0.3 is 5.97 Å². The van der Waals surface area contributed by atoms with E-state index in [1.807, 2.05) is 13.0 Å². The Bertz CT molecular complexity index is 629. The van der Waals surface area contributed by atoms with Crippen LogP contribution in [-0.4, -0.2) is 47.7 Å². The number of carbonyl (C=O) groups is 1. The Hall–Kier alpha value is -1.43. The Morgan fingerprint density at radius 2 is 2.09 bits per heavy atom. The van der Waals surface area contributed by atoms with E-state index in [9.17, 15) is 9.90 Å². The fraction of sp³-hybridized carbons (Fsp3) is 0.611. The monoisotopic (exact) mass is 316 g/mol. The summed E-state index contributed by atoms with van der Waals surface area (Å²) in [7, 11) is 0. The molecule has 0 radical (unpaired) electrons. The van der Waals surface area contributed by atoms with Crippen LogP contribution in [0.4, 0.5) is 0 Å². The van der Waals surface area contributed by atoms with Crippen molar-refractivity contribution >= 4 is 5.97 Å². The summed E-state index contributed by atoms with van der Waals surface area (Å²) in [5, 5.41) is 14.2. The third-order valence-corrected chi connectivity index (χ3v) is 5.91. The Labute approximate surface area is 136 Å². The molecule has 0 aromatic heterocycles. The molecule has 2 fully saturated rings. The molecule has 1 aromatic carbocycles. The first kappa shape index (κ1) is 15.1. The summed E-state index contributed by atoms with van der Waals surface area (Å²) in [6.45, 7) is 6.19. The molecule has 3 heterocycles. The van der Waals surface area contributed by atoms with Crippen LogP contribution in [0.1, 0.15) is 52.4 Å². The average molecular weight is 316 g/mol. The maximum atomic E-state index is 11.6. The van der Waals surface area contributed by atoms with Crippen LogP contribution in [0.25, 0.3) is 0 Å². The lowest BCUT2D eigenvalue weighted by atomic mass is 9.79. The molecule has 1 atom stereocenters. The molecule has 0 bridgehead atoms. The van der Waals surface area contributed by atoms with Crippen molar-refractivity contribution in [3.05, 3.63) is 34.4 Å². The molecular formula is C18H24N2O3. The van der Waals surface area contributed by atoms with Crippen molar-refractivity contribution in [3.8, 4) is 0 Å². The van der Waals surface area contributed by atoms with Crippen molar-refractivity contribution in [2.45, 2.75) is 44.4 Å². The predicted molar refractivity (Wildman–Crippen MR) is 86.3 cm³/mol. The number of β-amino-alcohol motifs (C(OH)–C–C–N with tert-alkyl or cyclic N) is 1. The van der Waals surface area contributed by atoms with Gasteiger partial charge in [-0.05, 0) is 49.9 Å². The predicted octanol–water partition coefficient (Wildman–Crippen LogP) is 1.53.